The van der Waals surface area contributed by atoms with Gasteiger partial charge in [-0.2, -0.15) is 0 Å². The number of nitrogens with zero attached hydrogens (tertiary/aromatic N) is 1. The van der Waals surface area contributed by atoms with E-state index in [1.165, 1.54) is 18.5 Å². The lowest BCUT2D eigenvalue weighted by molar-refractivity contribution is 0.600. The summed E-state index contributed by atoms with van der Waals surface area (Å²) in [5.74, 6) is 0. The van der Waals surface area contributed by atoms with E-state index < -0.39 is 10.0 Å². The van der Waals surface area contributed by atoms with Crippen LogP contribution in [-0.2, 0) is 16.4 Å². The number of pyridine rings is 1. The molecule has 0 saturated carbocycles. The van der Waals surface area contributed by atoms with Gasteiger partial charge in [0.2, 0.25) is 0 Å². The highest BCUT2D eigenvalue weighted by Crippen LogP contribution is 2.19. The highest BCUT2D eigenvalue weighted by atomic mass is 79.9. The van der Waals surface area contributed by atoms with Crippen molar-refractivity contribution in [3.05, 3.63) is 52.8 Å². The van der Waals surface area contributed by atoms with Gasteiger partial charge in [-0.15, -0.1) is 0 Å². The lowest BCUT2D eigenvalue weighted by Crippen LogP contribution is -2.13. The zero-order valence-corrected chi connectivity index (χ0v) is 14.4. The van der Waals surface area contributed by atoms with Crippen LogP contribution >= 0.6 is 31.9 Å². The third kappa shape index (κ3) is 4.04. The number of hydrogen-bond acceptors (Lipinski definition) is 3. The van der Waals surface area contributed by atoms with E-state index in [9.17, 15) is 8.42 Å². The second kappa shape index (κ2) is 6.69. The second-order valence-electron chi connectivity index (χ2n) is 4.08. The Morgan fingerprint density at radius 2 is 1.85 bits per heavy atom. The summed E-state index contributed by atoms with van der Waals surface area (Å²) in [4.78, 5) is 3.98. The van der Waals surface area contributed by atoms with Gasteiger partial charge in [-0.1, -0.05) is 28.1 Å². The predicted octanol–water partition coefficient (Wildman–Crippen LogP) is 3.58. The summed E-state index contributed by atoms with van der Waals surface area (Å²) < 4.78 is 27.5. The summed E-state index contributed by atoms with van der Waals surface area (Å²) in [6.07, 6.45) is 3.75. The van der Waals surface area contributed by atoms with Crippen molar-refractivity contribution >= 4 is 47.6 Å². The van der Waals surface area contributed by atoms with Gasteiger partial charge in [0.1, 0.15) is 4.90 Å². The molecule has 0 fully saturated rings. The van der Waals surface area contributed by atoms with Crippen LogP contribution in [0.5, 0.6) is 0 Å². The zero-order valence-electron chi connectivity index (χ0n) is 10.4. The average molecular weight is 420 g/mol. The number of benzene rings is 1. The molecule has 0 aliphatic rings. The van der Waals surface area contributed by atoms with E-state index >= 15 is 0 Å². The van der Waals surface area contributed by atoms with Crippen molar-refractivity contribution in [1.82, 2.24) is 4.98 Å². The molecule has 0 aliphatic carbocycles. The largest absolute Gasteiger partial charge is 0.280 e. The minimum Gasteiger partial charge on any atom is -0.280 e. The maximum atomic E-state index is 12.2. The Hall–Kier alpha value is -0.920. The minimum absolute atomic E-state index is 0.122. The van der Waals surface area contributed by atoms with Crippen LogP contribution in [0.4, 0.5) is 5.69 Å². The van der Waals surface area contributed by atoms with Crippen molar-refractivity contribution in [2.45, 2.75) is 11.3 Å². The molecule has 0 bridgehead atoms. The van der Waals surface area contributed by atoms with E-state index in [0.717, 1.165) is 17.3 Å². The van der Waals surface area contributed by atoms with Gasteiger partial charge >= 0.3 is 0 Å². The van der Waals surface area contributed by atoms with Crippen LogP contribution in [0.15, 0.2) is 52.1 Å². The number of aromatic nitrogens is 1. The Morgan fingerprint density at radius 1 is 1.15 bits per heavy atom. The molecule has 7 heteroatoms. The summed E-state index contributed by atoms with van der Waals surface area (Å²) >= 11 is 6.58. The Morgan fingerprint density at radius 3 is 2.45 bits per heavy atom. The average Bonchev–Trinajstić information content (AvgIpc) is 2.41. The smallest absolute Gasteiger partial charge is 0.263 e. The molecular formula is C13H12Br2N2O2S. The second-order valence-corrected chi connectivity index (χ2v) is 7.47. The molecule has 0 spiro atoms. The van der Waals surface area contributed by atoms with Gasteiger partial charge in [0.15, 0.2) is 0 Å². The topological polar surface area (TPSA) is 59.1 Å². The summed E-state index contributed by atoms with van der Waals surface area (Å²) in [5, 5.41) is 0.877. The summed E-state index contributed by atoms with van der Waals surface area (Å²) in [5.41, 5.74) is 1.68. The van der Waals surface area contributed by atoms with Gasteiger partial charge < -0.3 is 0 Å². The van der Waals surface area contributed by atoms with E-state index in [1.54, 1.807) is 12.1 Å². The van der Waals surface area contributed by atoms with Gasteiger partial charge in [0.25, 0.3) is 10.0 Å². The first-order valence-electron chi connectivity index (χ1n) is 5.79. The molecule has 2 aromatic rings. The van der Waals surface area contributed by atoms with Gasteiger partial charge in [-0.3, -0.25) is 9.71 Å². The fraction of sp³-hybridized carbons (Fsp3) is 0.154. The maximum absolute atomic E-state index is 12.2. The lowest BCUT2D eigenvalue weighted by atomic mass is 10.2. The first kappa shape index (κ1) is 15.5. The number of halogens is 2. The van der Waals surface area contributed by atoms with Crippen LogP contribution in [-0.4, -0.2) is 18.7 Å². The van der Waals surface area contributed by atoms with Crippen LogP contribution in [0.25, 0.3) is 0 Å². The summed E-state index contributed by atoms with van der Waals surface area (Å²) in [6, 6.07) is 8.81. The van der Waals surface area contributed by atoms with Crippen molar-refractivity contribution in [1.29, 1.82) is 0 Å². The van der Waals surface area contributed by atoms with Gasteiger partial charge in [0.05, 0.1) is 0 Å². The molecule has 0 atom stereocenters. The molecule has 1 heterocycles. The van der Waals surface area contributed by atoms with E-state index in [2.05, 4.69) is 41.6 Å². The molecule has 1 aromatic heterocycles. The van der Waals surface area contributed by atoms with Crippen molar-refractivity contribution in [3.63, 3.8) is 0 Å². The molecule has 0 amide bonds. The summed E-state index contributed by atoms with van der Waals surface area (Å²) in [6.45, 7) is 0. The fourth-order valence-electron chi connectivity index (χ4n) is 1.60. The van der Waals surface area contributed by atoms with Crippen molar-refractivity contribution in [3.8, 4) is 0 Å². The SMILES string of the molecule is O=S(=O)(Nc1ccc(CCBr)cc1)c1cncc(Br)c1. The number of aryl methyl sites for hydroxylation is 1. The monoisotopic (exact) mass is 418 g/mol. The van der Waals surface area contributed by atoms with Crippen LogP contribution in [0.3, 0.4) is 0 Å². The number of hydrogen-bond donors (Lipinski definition) is 1. The highest BCUT2D eigenvalue weighted by molar-refractivity contribution is 9.10. The highest BCUT2D eigenvalue weighted by Gasteiger charge is 2.14. The zero-order chi connectivity index (χ0) is 14.6. The third-order valence-corrected chi connectivity index (χ3v) is 4.76. The number of sulfonamides is 1. The first-order valence-corrected chi connectivity index (χ1v) is 9.19. The van der Waals surface area contributed by atoms with Crippen molar-refractivity contribution in [2.24, 2.45) is 0 Å². The van der Waals surface area contributed by atoms with Crippen molar-refractivity contribution in [2.75, 3.05) is 10.1 Å². The molecule has 1 N–H and O–H groups in total. The molecule has 0 radical (unpaired) electrons. The van der Waals surface area contributed by atoms with Gasteiger partial charge in [0, 0.05) is 27.9 Å². The molecule has 0 unspecified atom stereocenters. The lowest BCUT2D eigenvalue weighted by Gasteiger charge is -2.08. The van der Waals surface area contributed by atoms with Crippen LogP contribution in [0, 0.1) is 0 Å². The van der Waals surface area contributed by atoms with E-state index in [4.69, 9.17) is 0 Å². The number of alkyl halides is 1. The Bertz CT molecular complexity index is 688. The van der Waals surface area contributed by atoms with E-state index in [1.807, 2.05) is 12.1 Å². The van der Waals surface area contributed by atoms with Crippen LogP contribution < -0.4 is 4.72 Å². The van der Waals surface area contributed by atoms with E-state index in [-0.39, 0.29) is 4.90 Å². The summed E-state index contributed by atoms with van der Waals surface area (Å²) in [7, 11) is -3.61. The minimum atomic E-state index is -3.61. The maximum Gasteiger partial charge on any atom is 0.263 e. The third-order valence-electron chi connectivity index (χ3n) is 2.58. The fourth-order valence-corrected chi connectivity index (χ4v) is 3.62. The quantitative estimate of drug-likeness (QED) is 0.753. The molecule has 2 rings (SSSR count). The van der Waals surface area contributed by atoms with Gasteiger partial charge in [-0.05, 0) is 46.1 Å². The Kier molecular flexibility index (Phi) is 5.17. The molecule has 1 aromatic carbocycles. The normalized spacial score (nSPS) is 11.3. The molecular weight excluding hydrogens is 408 g/mol. The van der Waals surface area contributed by atoms with Crippen molar-refractivity contribution < 1.29 is 8.42 Å². The molecule has 0 saturated heterocycles. The van der Waals surface area contributed by atoms with Crippen LogP contribution in [0.2, 0.25) is 0 Å². The molecule has 106 valence electrons. The molecule has 4 nitrogen and oxygen atoms in total. The number of rotatable bonds is 5. The Balaban J connectivity index is 2.20. The standard InChI is InChI=1S/C13H12Br2N2O2S/c14-6-5-10-1-3-12(4-2-10)17-20(18,19)13-7-11(15)8-16-9-13/h1-4,7-9,17H,5-6H2. The number of anilines is 1. The van der Waals surface area contributed by atoms with Gasteiger partial charge in [-0.25, -0.2) is 8.42 Å². The first-order chi connectivity index (χ1) is 9.51. The van der Waals surface area contributed by atoms with Crippen LogP contribution in [0.1, 0.15) is 5.56 Å². The molecule has 20 heavy (non-hydrogen) atoms. The molecule has 0 aliphatic heterocycles. The Labute approximate surface area is 134 Å². The number of nitrogens with one attached hydrogen (secondary N) is 1. The van der Waals surface area contributed by atoms with E-state index in [0.29, 0.717) is 10.2 Å². The predicted molar refractivity (Wildman–Crippen MR) is 86.7 cm³/mol.